The Morgan fingerprint density at radius 1 is 1.11 bits per heavy atom. The molecule has 18 heavy (non-hydrogen) atoms. The Morgan fingerprint density at radius 3 is 2.50 bits per heavy atom. The molecule has 0 spiro atoms. The molecule has 3 heteroatoms. The number of amides is 1. The molecule has 106 valence electrons. The number of carbonyl (C=O) groups excluding carboxylic acids is 1. The summed E-state index contributed by atoms with van der Waals surface area (Å²) in [6, 6.07) is 0.0725. The molecule has 1 saturated heterocycles. The lowest BCUT2D eigenvalue weighted by Crippen LogP contribution is -2.46. The number of piperidine rings is 1. The van der Waals surface area contributed by atoms with Crippen molar-refractivity contribution in [1.29, 1.82) is 0 Å². The van der Waals surface area contributed by atoms with Gasteiger partial charge in [-0.15, -0.1) is 0 Å². The van der Waals surface area contributed by atoms with E-state index in [4.69, 9.17) is 0 Å². The molecule has 0 radical (unpaired) electrons. The van der Waals surface area contributed by atoms with Crippen molar-refractivity contribution in [3.8, 4) is 0 Å². The second kappa shape index (κ2) is 10.4. The lowest BCUT2D eigenvalue weighted by Gasteiger charge is -2.22. The minimum Gasteiger partial charge on any atom is -0.355 e. The van der Waals surface area contributed by atoms with Crippen LogP contribution in [-0.2, 0) is 4.79 Å². The van der Waals surface area contributed by atoms with E-state index in [-0.39, 0.29) is 11.9 Å². The second-order valence-electron chi connectivity index (χ2n) is 5.41. The molecule has 0 aromatic heterocycles. The number of nitrogens with one attached hydrogen (secondary N) is 2. The van der Waals surface area contributed by atoms with Crippen LogP contribution in [0.1, 0.15) is 71.1 Å². The predicted octanol–water partition coefficient (Wildman–Crippen LogP) is 3.00. The van der Waals surface area contributed by atoms with Crippen LogP contribution >= 0.6 is 0 Å². The summed E-state index contributed by atoms with van der Waals surface area (Å²) in [5.74, 6) is 0.209. The van der Waals surface area contributed by atoms with Gasteiger partial charge in [-0.1, -0.05) is 51.9 Å². The Kier molecular flexibility index (Phi) is 8.92. The van der Waals surface area contributed by atoms with Crippen LogP contribution in [0.15, 0.2) is 0 Å². The molecule has 0 unspecified atom stereocenters. The molecule has 2 N–H and O–H groups in total. The van der Waals surface area contributed by atoms with Crippen LogP contribution in [-0.4, -0.2) is 25.0 Å². The second-order valence-corrected chi connectivity index (χ2v) is 5.41. The molecule has 0 aromatic rings. The van der Waals surface area contributed by atoms with Gasteiger partial charge < -0.3 is 10.6 Å². The average molecular weight is 254 g/mol. The SMILES string of the molecule is CCCCCCCCCNC(=O)[C@H]1CCCCN1. The Labute approximate surface area is 112 Å². The molecule has 0 bridgehead atoms. The first-order chi connectivity index (χ1) is 8.84. The minimum absolute atomic E-state index is 0.0725. The Hall–Kier alpha value is -0.570. The molecule has 0 aliphatic carbocycles. The third kappa shape index (κ3) is 7.00. The van der Waals surface area contributed by atoms with Crippen LogP contribution in [0.25, 0.3) is 0 Å². The molecule has 1 fully saturated rings. The van der Waals surface area contributed by atoms with Crippen molar-refractivity contribution in [2.75, 3.05) is 13.1 Å². The van der Waals surface area contributed by atoms with Gasteiger partial charge in [0.05, 0.1) is 6.04 Å². The smallest absolute Gasteiger partial charge is 0.237 e. The Balaban J connectivity index is 1.89. The predicted molar refractivity (Wildman–Crippen MR) is 76.6 cm³/mol. The maximum Gasteiger partial charge on any atom is 0.237 e. The highest BCUT2D eigenvalue weighted by atomic mass is 16.2. The number of carbonyl (C=O) groups is 1. The van der Waals surface area contributed by atoms with Crippen molar-refractivity contribution >= 4 is 5.91 Å². The summed E-state index contributed by atoms with van der Waals surface area (Å²) in [6.07, 6.45) is 12.5. The van der Waals surface area contributed by atoms with Crippen LogP contribution < -0.4 is 10.6 Å². The van der Waals surface area contributed by atoms with E-state index >= 15 is 0 Å². The van der Waals surface area contributed by atoms with Crippen LogP contribution in [0.2, 0.25) is 0 Å². The molecule has 0 aromatic carbocycles. The monoisotopic (exact) mass is 254 g/mol. The van der Waals surface area contributed by atoms with Crippen molar-refractivity contribution < 1.29 is 4.79 Å². The molecule has 1 atom stereocenters. The molecule has 1 rings (SSSR count). The Morgan fingerprint density at radius 2 is 1.83 bits per heavy atom. The van der Waals surface area contributed by atoms with E-state index in [0.717, 1.165) is 25.9 Å². The number of rotatable bonds is 9. The van der Waals surface area contributed by atoms with E-state index in [1.807, 2.05) is 0 Å². The largest absolute Gasteiger partial charge is 0.355 e. The van der Waals surface area contributed by atoms with Gasteiger partial charge in [-0.05, 0) is 25.8 Å². The van der Waals surface area contributed by atoms with Crippen molar-refractivity contribution in [1.82, 2.24) is 10.6 Å². The summed E-state index contributed by atoms with van der Waals surface area (Å²) in [7, 11) is 0. The topological polar surface area (TPSA) is 41.1 Å². The van der Waals surface area contributed by atoms with E-state index in [1.165, 1.54) is 51.4 Å². The highest BCUT2D eigenvalue weighted by molar-refractivity contribution is 5.81. The van der Waals surface area contributed by atoms with Crippen LogP contribution in [0, 0.1) is 0 Å². The molecule has 1 heterocycles. The molecular weight excluding hydrogens is 224 g/mol. The molecule has 0 saturated carbocycles. The lowest BCUT2D eigenvalue weighted by atomic mass is 10.0. The maximum absolute atomic E-state index is 11.8. The molecular formula is C15H30N2O. The zero-order valence-electron chi connectivity index (χ0n) is 12.0. The van der Waals surface area contributed by atoms with Crippen molar-refractivity contribution in [2.24, 2.45) is 0 Å². The zero-order valence-corrected chi connectivity index (χ0v) is 12.0. The third-order valence-corrected chi connectivity index (χ3v) is 3.71. The number of hydrogen-bond acceptors (Lipinski definition) is 2. The first-order valence-corrected chi connectivity index (χ1v) is 7.85. The van der Waals surface area contributed by atoms with Crippen molar-refractivity contribution in [2.45, 2.75) is 77.2 Å². The van der Waals surface area contributed by atoms with Gasteiger partial charge >= 0.3 is 0 Å². The highest BCUT2D eigenvalue weighted by Gasteiger charge is 2.19. The van der Waals surface area contributed by atoms with Gasteiger partial charge in [0.2, 0.25) is 5.91 Å². The van der Waals surface area contributed by atoms with Gasteiger partial charge in [0.1, 0.15) is 0 Å². The van der Waals surface area contributed by atoms with Crippen LogP contribution in [0.4, 0.5) is 0 Å². The van der Waals surface area contributed by atoms with Crippen molar-refractivity contribution in [3.63, 3.8) is 0 Å². The zero-order chi connectivity index (χ0) is 13.1. The quantitative estimate of drug-likeness (QED) is 0.621. The van der Waals surface area contributed by atoms with Gasteiger partial charge in [0.25, 0.3) is 0 Å². The fourth-order valence-electron chi connectivity index (χ4n) is 2.49. The third-order valence-electron chi connectivity index (χ3n) is 3.71. The molecule has 3 nitrogen and oxygen atoms in total. The summed E-state index contributed by atoms with van der Waals surface area (Å²) in [5, 5.41) is 6.34. The summed E-state index contributed by atoms with van der Waals surface area (Å²) in [4.78, 5) is 11.8. The molecule has 1 aliphatic heterocycles. The fourth-order valence-corrected chi connectivity index (χ4v) is 2.49. The highest BCUT2D eigenvalue weighted by Crippen LogP contribution is 2.08. The average Bonchev–Trinajstić information content (AvgIpc) is 2.42. The summed E-state index contributed by atoms with van der Waals surface area (Å²) >= 11 is 0. The normalized spacial score (nSPS) is 19.7. The number of unbranched alkanes of at least 4 members (excludes halogenated alkanes) is 6. The van der Waals surface area contributed by atoms with Gasteiger partial charge in [-0.2, -0.15) is 0 Å². The standard InChI is InChI=1S/C15H30N2O/c1-2-3-4-5-6-7-9-13-17-15(18)14-11-8-10-12-16-14/h14,16H,2-13H2,1H3,(H,17,18)/t14-/m1/s1. The maximum atomic E-state index is 11.8. The van der Waals surface area contributed by atoms with E-state index < -0.39 is 0 Å². The van der Waals surface area contributed by atoms with Gasteiger partial charge in [0.15, 0.2) is 0 Å². The van der Waals surface area contributed by atoms with Crippen LogP contribution in [0.3, 0.4) is 0 Å². The molecule has 1 amide bonds. The van der Waals surface area contributed by atoms with Crippen LogP contribution in [0.5, 0.6) is 0 Å². The van der Waals surface area contributed by atoms with E-state index in [0.29, 0.717) is 0 Å². The first kappa shape index (κ1) is 15.5. The minimum atomic E-state index is 0.0725. The Bertz CT molecular complexity index is 213. The number of hydrogen-bond donors (Lipinski definition) is 2. The lowest BCUT2D eigenvalue weighted by molar-refractivity contribution is -0.123. The van der Waals surface area contributed by atoms with Gasteiger partial charge in [0, 0.05) is 6.54 Å². The summed E-state index contributed by atoms with van der Waals surface area (Å²) in [6.45, 7) is 4.09. The summed E-state index contributed by atoms with van der Waals surface area (Å²) < 4.78 is 0. The van der Waals surface area contributed by atoms with Gasteiger partial charge in [-0.3, -0.25) is 4.79 Å². The van der Waals surface area contributed by atoms with E-state index in [2.05, 4.69) is 17.6 Å². The van der Waals surface area contributed by atoms with Crippen molar-refractivity contribution in [3.05, 3.63) is 0 Å². The summed E-state index contributed by atoms with van der Waals surface area (Å²) in [5.41, 5.74) is 0. The fraction of sp³-hybridized carbons (Fsp3) is 0.933. The van der Waals surface area contributed by atoms with E-state index in [1.54, 1.807) is 0 Å². The van der Waals surface area contributed by atoms with Gasteiger partial charge in [-0.25, -0.2) is 0 Å². The molecule has 1 aliphatic rings. The van der Waals surface area contributed by atoms with E-state index in [9.17, 15) is 4.79 Å². The first-order valence-electron chi connectivity index (χ1n) is 7.85.